The van der Waals surface area contributed by atoms with Gasteiger partial charge < -0.3 is 14.6 Å². The van der Waals surface area contributed by atoms with Crippen LogP contribution >= 0.6 is 31.9 Å². The molecule has 0 bridgehead atoms. The lowest BCUT2D eigenvalue weighted by molar-refractivity contribution is 0.294. The molecule has 1 N–H and O–H groups in total. The Morgan fingerprint density at radius 3 is 2.65 bits per heavy atom. The van der Waals surface area contributed by atoms with Gasteiger partial charge in [0, 0.05) is 18.9 Å². The average Bonchev–Trinajstić information content (AvgIpc) is 2.92. The minimum Gasteiger partial charge on any atom is -0.489 e. The van der Waals surface area contributed by atoms with E-state index in [1.54, 1.807) is 12.5 Å². The molecule has 0 radical (unpaired) electrons. The van der Waals surface area contributed by atoms with Gasteiger partial charge in [0.05, 0.1) is 21.8 Å². The van der Waals surface area contributed by atoms with Gasteiger partial charge in [-0.05, 0) is 56.1 Å². The van der Waals surface area contributed by atoms with Gasteiger partial charge in [0.15, 0.2) is 0 Å². The van der Waals surface area contributed by atoms with Gasteiger partial charge in [-0.1, -0.05) is 6.92 Å². The summed E-state index contributed by atoms with van der Waals surface area (Å²) in [6.07, 6.45) is 5.47. The van der Waals surface area contributed by atoms with Crippen LogP contribution in [0, 0.1) is 0 Å². The molecular weight excluding hydrogens is 386 g/mol. The Kier molecular flexibility index (Phi) is 6.06. The Bertz CT molecular complexity index is 520. The Morgan fingerprint density at radius 2 is 2.05 bits per heavy atom. The molecule has 0 aliphatic carbocycles. The van der Waals surface area contributed by atoms with Gasteiger partial charge in [-0.3, -0.25) is 0 Å². The van der Waals surface area contributed by atoms with Gasteiger partial charge >= 0.3 is 0 Å². The minimum atomic E-state index is 0.597. The molecule has 0 aliphatic rings. The number of aromatic nitrogens is 2. The lowest BCUT2D eigenvalue weighted by atomic mass is 10.2. The predicted molar refractivity (Wildman–Crippen MR) is 86.9 cm³/mol. The molecule has 0 spiro atoms. The van der Waals surface area contributed by atoms with Crippen molar-refractivity contribution >= 4 is 31.9 Å². The molecule has 0 aliphatic heterocycles. The van der Waals surface area contributed by atoms with Crippen molar-refractivity contribution in [3.63, 3.8) is 0 Å². The van der Waals surface area contributed by atoms with E-state index in [0.29, 0.717) is 6.61 Å². The van der Waals surface area contributed by atoms with Crippen molar-refractivity contribution in [2.45, 2.75) is 20.0 Å². The maximum atomic E-state index is 5.84. The van der Waals surface area contributed by atoms with Gasteiger partial charge in [0.1, 0.15) is 12.4 Å². The first-order valence-corrected chi connectivity index (χ1v) is 8.06. The van der Waals surface area contributed by atoms with Gasteiger partial charge in [0.25, 0.3) is 0 Å². The van der Waals surface area contributed by atoms with Crippen LogP contribution in [0.1, 0.15) is 12.5 Å². The average molecular weight is 403 g/mol. The maximum Gasteiger partial charge on any atom is 0.147 e. The highest BCUT2D eigenvalue weighted by Crippen LogP contribution is 2.34. The number of hydrogen-bond acceptors (Lipinski definition) is 3. The molecule has 1 aromatic carbocycles. The predicted octanol–water partition coefficient (Wildman–Crippen LogP) is 3.60. The van der Waals surface area contributed by atoms with Crippen LogP contribution < -0.4 is 10.1 Å². The molecule has 1 heterocycles. The van der Waals surface area contributed by atoms with Crippen LogP contribution in [0.25, 0.3) is 0 Å². The standard InChI is InChI=1S/C14H17Br2N3O/c1-2-17-9-11-7-12(15)14(13(16)8-11)20-6-5-19-4-3-18-10-19/h3-4,7-8,10,17H,2,5-6,9H2,1H3. The third kappa shape index (κ3) is 4.33. The number of rotatable bonds is 7. The quantitative estimate of drug-likeness (QED) is 0.768. The molecule has 0 atom stereocenters. The summed E-state index contributed by atoms with van der Waals surface area (Å²) in [5, 5.41) is 3.31. The van der Waals surface area contributed by atoms with Crippen LogP contribution in [0.2, 0.25) is 0 Å². The monoisotopic (exact) mass is 401 g/mol. The number of hydrogen-bond donors (Lipinski definition) is 1. The summed E-state index contributed by atoms with van der Waals surface area (Å²) in [6.45, 7) is 5.28. The second kappa shape index (κ2) is 7.81. The van der Waals surface area contributed by atoms with Crippen molar-refractivity contribution in [1.29, 1.82) is 0 Å². The summed E-state index contributed by atoms with van der Waals surface area (Å²) >= 11 is 7.13. The lowest BCUT2D eigenvalue weighted by Gasteiger charge is -2.13. The summed E-state index contributed by atoms with van der Waals surface area (Å²) < 4.78 is 9.75. The molecule has 0 saturated carbocycles. The van der Waals surface area contributed by atoms with Gasteiger partial charge in [0.2, 0.25) is 0 Å². The Morgan fingerprint density at radius 1 is 1.30 bits per heavy atom. The van der Waals surface area contributed by atoms with E-state index in [1.165, 1.54) is 5.56 Å². The van der Waals surface area contributed by atoms with Crippen LogP contribution in [0.3, 0.4) is 0 Å². The van der Waals surface area contributed by atoms with Gasteiger partial charge in [-0.2, -0.15) is 0 Å². The Balaban J connectivity index is 1.97. The molecule has 6 heteroatoms. The highest BCUT2D eigenvalue weighted by Gasteiger charge is 2.09. The largest absolute Gasteiger partial charge is 0.489 e. The molecule has 0 unspecified atom stereocenters. The van der Waals surface area contributed by atoms with E-state index in [-0.39, 0.29) is 0 Å². The third-order valence-electron chi connectivity index (χ3n) is 2.79. The van der Waals surface area contributed by atoms with E-state index in [0.717, 1.165) is 34.3 Å². The van der Waals surface area contributed by atoms with Crippen LogP contribution in [-0.4, -0.2) is 22.7 Å². The SMILES string of the molecule is CCNCc1cc(Br)c(OCCn2ccnc2)c(Br)c1. The second-order valence-corrected chi connectivity index (χ2v) is 6.03. The molecule has 1 aromatic heterocycles. The van der Waals surface area contributed by atoms with E-state index in [4.69, 9.17) is 4.74 Å². The fourth-order valence-electron chi connectivity index (χ4n) is 1.79. The zero-order valence-electron chi connectivity index (χ0n) is 11.3. The van der Waals surface area contributed by atoms with Crippen molar-refractivity contribution in [3.05, 3.63) is 45.4 Å². The van der Waals surface area contributed by atoms with Crippen LogP contribution in [0.4, 0.5) is 0 Å². The molecular formula is C14H17Br2N3O. The first kappa shape index (κ1) is 15.5. The normalized spacial score (nSPS) is 10.8. The van der Waals surface area contributed by atoms with E-state index >= 15 is 0 Å². The molecule has 2 rings (SSSR count). The zero-order valence-corrected chi connectivity index (χ0v) is 14.4. The number of imidazole rings is 1. The van der Waals surface area contributed by atoms with E-state index in [9.17, 15) is 0 Å². The summed E-state index contributed by atoms with van der Waals surface area (Å²) in [5.41, 5.74) is 1.22. The van der Waals surface area contributed by atoms with E-state index in [2.05, 4.69) is 61.2 Å². The van der Waals surface area contributed by atoms with Crippen LogP contribution in [-0.2, 0) is 13.1 Å². The number of halogens is 2. The summed E-state index contributed by atoms with van der Waals surface area (Å²) in [5.74, 6) is 0.838. The van der Waals surface area contributed by atoms with Crippen molar-refractivity contribution in [1.82, 2.24) is 14.9 Å². The van der Waals surface area contributed by atoms with Crippen molar-refractivity contribution in [3.8, 4) is 5.75 Å². The second-order valence-electron chi connectivity index (χ2n) is 4.32. The first-order valence-electron chi connectivity index (χ1n) is 6.48. The molecule has 4 nitrogen and oxygen atoms in total. The van der Waals surface area contributed by atoms with Crippen LogP contribution in [0.15, 0.2) is 39.8 Å². The summed E-state index contributed by atoms with van der Waals surface area (Å²) in [4.78, 5) is 4.01. The summed E-state index contributed by atoms with van der Waals surface area (Å²) in [6, 6.07) is 4.17. The van der Waals surface area contributed by atoms with E-state index < -0.39 is 0 Å². The lowest BCUT2D eigenvalue weighted by Crippen LogP contribution is -2.12. The fraction of sp³-hybridized carbons (Fsp3) is 0.357. The topological polar surface area (TPSA) is 39.1 Å². The highest BCUT2D eigenvalue weighted by molar-refractivity contribution is 9.11. The van der Waals surface area contributed by atoms with Gasteiger partial charge in [-0.25, -0.2) is 4.98 Å². The molecule has 0 amide bonds. The third-order valence-corrected chi connectivity index (χ3v) is 3.97. The number of nitrogens with zero attached hydrogens (tertiary/aromatic N) is 2. The van der Waals surface area contributed by atoms with Crippen molar-refractivity contribution in [2.24, 2.45) is 0 Å². The summed E-state index contributed by atoms with van der Waals surface area (Å²) in [7, 11) is 0. The number of nitrogens with one attached hydrogen (secondary N) is 1. The molecule has 0 saturated heterocycles. The first-order chi connectivity index (χ1) is 9.70. The maximum absolute atomic E-state index is 5.84. The van der Waals surface area contributed by atoms with Gasteiger partial charge in [-0.15, -0.1) is 0 Å². The minimum absolute atomic E-state index is 0.597. The van der Waals surface area contributed by atoms with E-state index in [1.807, 2.05) is 10.8 Å². The van der Waals surface area contributed by atoms with Crippen LogP contribution in [0.5, 0.6) is 5.75 Å². The molecule has 108 valence electrons. The fourth-order valence-corrected chi connectivity index (χ4v) is 3.30. The zero-order chi connectivity index (χ0) is 14.4. The van der Waals surface area contributed by atoms with Crippen molar-refractivity contribution in [2.75, 3.05) is 13.2 Å². The molecule has 2 aromatic rings. The number of ether oxygens (including phenoxy) is 1. The number of benzene rings is 1. The Hall–Kier alpha value is -0.850. The van der Waals surface area contributed by atoms with Crippen molar-refractivity contribution < 1.29 is 4.74 Å². The highest BCUT2D eigenvalue weighted by atomic mass is 79.9. The molecule has 0 fully saturated rings. The molecule has 20 heavy (non-hydrogen) atoms. The smallest absolute Gasteiger partial charge is 0.147 e. The Labute approximate surface area is 135 Å².